The fourth-order valence-corrected chi connectivity index (χ4v) is 2.85. The molecular weight excluding hydrogens is 336 g/mol. The first-order valence-corrected chi connectivity index (χ1v) is 8.91. The van der Waals surface area contributed by atoms with Crippen LogP contribution in [0.5, 0.6) is 0 Å². The Morgan fingerprint density at radius 2 is 1.78 bits per heavy atom. The number of nitrogens with one attached hydrogen (secondary N) is 1. The molecule has 0 spiro atoms. The molecule has 3 aromatic rings. The summed E-state index contributed by atoms with van der Waals surface area (Å²) in [5.74, 6) is -0.120. The molecule has 0 aliphatic carbocycles. The highest BCUT2D eigenvalue weighted by molar-refractivity contribution is 5.91. The predicted octanol–water partition coefficient (Wildman–Crippen LogP) is 3.30. The fraction of sp³-hybridized carbons (Fsp3) is 0.182. The number of rotatable bonds is 7. The van der Waals surface area contributed by atoms with E-state index in [1.807, 2.05) is 68.8 Å². The second kappa shape index (κ2) is 8.96. The highest BCUT2D eigenvalue weighted by atomic mass is 16.1. The van der Waals surface area contributed by atoms with Gasteiger partial charge in [0, 0.05) is 24.4 Å². The summed E-state index contributed by atoms with van der Waals surface area (Å²) >= 11 is 0. The van der Waals surface area contributed by atoms with Crippen molar-refractivity contribution in [3.63, 3.8) is 0 Å². The van der Waals surface area contributed by atoms with Crippen molar-refractivity contribution < 1.29 is 4.79 Å². The van der Waals surface area contributed by atoms with E-state index >= 15 is 0 Å². The Hall–Kier alpha value is -3.18. The van der Waals surface area contributed by atoms with E-state index in [0.29, 0.717) is 6.54 Å². The van der Waals surface area contributed by atoms with Crippen LogP contribution in [0.4, 0.5) is 0 Å². The van der Waals surface area contributed by atoms with Crippen molar-refractivity contribution in [2.45, 2.75) is 6.04 Å². The minimum absolute atomic E-state index is 0.120. The molecule has 1 unspecified atom stereocenters. The van der Waals surface area contributed by atoms with Crippen LogP contribution in [-0.4, -0.2) is 41.2 Å². The molecule has 1 atom stereocenters. The standard InChI is InChI=1S/C22H24N4O/c1-25(2)21(19-9-5-3-6-10-19)16-23-22(27)14-13-18-15-24-26(17-18)20-11-7-4-8-12-20/h3-15,17,21H,16H2,1-2H3,(H,23,27)/b14-13+. The maximum Gasteiger partial charge on any atom is 0.244 e. The average Bonchev–Trinajstić information content (AvgIpc) is 3.17. The number of hydrogen-bond acceptors (Lipinski definition) is 3. The summed E-state index contributed by atoms with van der Waals surface area (Å²) in [5, 5.41) is 7.31. The van der Waals surface area contributed by atoms with Crippen LogP contribution in [0.3, 0.4) is 0 Å². The van der Waals surface area contributed by atoms with Crippen molar-refractivity contribution in [2.75, 3.05) is 20.6 Å². The van der Waals surface area contributed by atoms with Crippen LogP contribution in [0.15, 0.2) is 79.1 Å². The molecule has 3 rings (SSSR count). The second-order valence-electron chi connectivity index (χ2n) is 6.52. The molecule has 1 amide bonds. The van der Waals surface area contributed by atoms with E-state index in [1.54, 1.807) is 23.0 Å². The number of carbonyl (C=O) groups is 1. The van der Waals surface area contributed by atoms with Gasteiger partial charge < -0.3 is 10.2 Å². The summed E-state index contributed by atoms with van der Waals surface area (Å²) in [6, 6.07) is 20.2. The normalized spacial score (nSPS) is 12.4. The summed E-state index contributed by atoms with van der Waals surface area (Å²) < 4.78 is 1.79. The number of likely N-dealkylation sites (N-methyl/N-ethyl adjacent to an activating group) is 1. The Morgan fingerprint density at radius 1 is 1.11 bits per heavy atom. The van der Waals surface area contributed by atoms with Crippen molar-refractivity contribution in [3.05, 3.63) is 90.3 Å². The van der Waals surface area contributed by atoms with Crippen LogP contribution in [0.2, 0.25) is 0 Å². The van der Waals surface area contributed by atoms with Crippen molar-refractivity contribution in [3.8, 4) is 5.69 Å². The Labute approximate surface area is 159 Å². The molecule has 0 radical (unpaired) electrons. The minimum Gasteiger partial charge on any atom is -0.351 e. The molecule has 5 nitrogen and oxygen atoms in total. The van der Waals surface area contributed by atoms with Crippen molar-refractivity contribution in [2.24, 2.45) is 0 Å². The number of amides is 1. The predicted molar refractivity (Wildman–Crippen MR) is 108 cm³/mol. The third-order valence-electron chi connectivity index (χ3n) is 4.33. The zero-order chi connectivity index (χ0) is 19.1. The zero-order valence-electron chi connectivity index (χ0n) is 15.6. The second-order valence-corrected chi connectivity index (χ2v) is 6.52. The quantitative estimate of drug-likeness (QED) is 0.658. The van der Waals surface area contributed by atoms with Crippen LogP contribution in [-0.2, 0) is 4.79 Å². The number of nitrogens with zero attached hydrogens (tertiary/aromatic N) is 3. The van der Waals surface area contributed by atoms with E-state index < -0.39 is 0 Å². The van der Waals surface area contributed by atoms with Gasteiger partial charge in [-0.25, -0.2) is 4.68 Å². The number of aromatic nitrogens is 2. The topological polar surface area (TPSA) is 50.2 Å². The van der Waals surface area contributed by atoms with Gasteiger partial charge in [-0.3, -0.25) is 4.79 Å². The van der Waals surface area contributed by atoms with Gasteiger partial charge in [-0.1, -0.05) is 48.5 Å². The van der Waals surface area contributed by atoms with E-state index in [2.05, 4.69) is 27.4 Å². The molecule has 0 saturated carbocycles. The summed E-state index contributed by atoms with van der Waals surface area (Å²) in [5.41, 5.74) is 3.04. The van der Waals surface area contributed by atoms with Crippen LogP contribution in [0.25, 0.3) is 11.8 Å². The van der Waals surface area contributed by atoms with Gasteiger partial charge in [-0.05, 0) is 37.9 Å². The van der Waals surface area contributed by atoms with E-state index in [9.17, 15) is 4.79 Å². The molecule has 0 saturated heterocycles. The van der Waals surface area contributed by atoms with Gasteiger partial charge in [0.2, 0.25) is 5.91 Å². The first kappa shape index (κ1) is 18.6. The van der Waals surface area contributed by atoms with Crippen LogP contribution < -0.4 is 5.32 Å². The molecule has 0 fully saturated rings. The maximum absolute atomic E-state index is 12.2. The summed E-state index contributed by atoms with van der Waals surface area (Å²) in [4.78, 5) is 14.3. The minimum atomic E-state index is -0.120. The van der Waals surface area contributed by atoms with Crippen LogP contribution in [0, 0.1) is 0 Å². The average molecular weight is 360 g/mol. The summed E-state index contributed by atoms with van der Waals surface area (Å²) in [6.45, 7) is 0.545. The lowest BCUT2D eigenvalue weighted by atomic mass is 10.1. The van der Waals surface area contributed by atoms with Gasteiger partial charge in [-0.15, -0.1) is 0 Å². The smallest absolute Gasteiger partial charge is 0.244 e. The Kier molecular flexibility index (Phi) is 6.18. The number of benzene rings is 2. The number of hydrogen-bond donors (Lipinski definition) is 1. The number of para-hydroxylation sites is 1. The van der Waals surface area contributed by atoms with Crippen LogP contribution in [0.1, 0.15) is 17.2 Å². The fourth-order valence-electron chi connectivity index (χ4n) is 2.85. The van der Waals surface area contributed by atoms with E-state index in [4.69, 9.17) is 0 Å². The van der Waals surface area contributed by atoms with Crippen molar-refractivity contribution >= 4 is 12.0 Å². The van der Waals surface area contributed by atoms with Crippen molar-refractivity contribution in [1.29, 1.82) is 0 Å². The van der Waals surface area contributed by atoms with Gasteiger partial charge in [0.05, 0.1) is 17.9 Å². The van der Waals surface area contributed by atoms with Crippen molar-refractivity contribution in [1.82, 2.24) is 20.0 Å². The lowest BCUT2D eigenvalue weighted by Crippen LogP contribution is -2.33. The molecular formula is C22H24N4O. The molecule has 5 heteroatoms. The van der Waals surface area contributed by atoms with Gasteiger partial charge in [0.1, 0.15) is 0 Å². The monoisotopic (exact) mass is 360 g/mol. The van der Waals surface area contributed by atoms with Gasteiger partial charge in [0.25, 0.3) is 0 Å². The largest absolute Gasteiger partial charge is 0.351 e. The SMILES string of the molecule is CN(C)C(CNC(=O)/C=C/c1cnn(-c2ccccc2)c1)c1ccccc1. The molecule has 1 N–H and O–H groups in total. The molecule has 138 valence electrons. The third-order valence-corrected chi connectivity index (χ3v) is 4.33. The first-order chi connectivity index (χ1) is 13.1. The zero-order valence-corrected chi connectivity index (χ0v) is 15.6. The molecule has 0 aliphatic heterocycles. The first-order valence-electron chi connectivity index (χ1n) is 8.91. The summed E-state index contributed by atoms with van der Waals surface area (Å²) in [7, 11) is 4.02. The van der Waals surface area contributed by atoms with Gasteiger partial charge in [-0.2, -0.15) is 5.10 Å². The van der Waals surface area contributed by atoms with Gasteiger partial charge in [0.15, 0.2) is 0 Å². The lowest BCUT2D eigenvalue weighted by Gasteiger charge is -2.24. The molecule has 0 aliphatic rings. The molecule has 1 aromatic heterocycles. The van der Waals surface area contributed by atoms with E-state index in [1.165, 1.54) is 5.56 Å². The lowest BCUT2D eigenvalue weighted by molar-refractivity contribution is -0.116. The molecule has 1 heterocycles. The van der Waals surface area contributed by atoms with E-state index in [0.717, 1.165) is 11.3 Å². The third kappa shape index (κ3) is 5.15. The molecule has 2 aromatic carbocycles. The Balaban J connectivity index is 1.58. The highest BCUT2D eigenvalue weighted by Crippen LogP contribution is 2.16. The van der Waals surface area contributed by atoms with E-state index in [-0.39, 0.29) is 11.9 Å². The maximum atomic E-state index is 12.2. The Bertz CT molecular complexity index is 885. The van der Waals surface area contributed by atoms with Gasteiger partial charge >= 0.3 is 0 Å². The number of carbonyl (C=O) groups excluding carboxylic acids is 1. The highest BCUT2D eigenvalue weighted by Gasteiger charge is 2.14. The summed E-state index contributed by atoms with van der Waals surface area (Å²) in [6.07, 6.45) is 6.95. The van der Waals surface area contributed by atoms with Crippen LogP contribution >= 0.6 is 0 Å². The molecule has 27 heavy (non-hydrogen) atoms. The molecule has 0 bridgehead atoms. The Morgan fingerprint density at radius 3 is 2.44 bits per heavy atom.